The van der Waals surface area contributed by atoms with Crippen LogP contribution in [0.1, 0.15) is 19.2 Å². The average molecular weight is 322 g/mol. The Morgan fingerprint density at radius 1 is 1.39 bits per heavy atom. The third kappa shape index (κ3) is 3.91. The molecule has 1 unspecified atom stereocenters. The Labute approximate surface area is 136 Å². The normalized spacial score (nSPS) is 25.9. The zero-order valence-electron chi connectivity index (χ0n) is 13.8. The van der Waals surface area contributed by atoms with Crippen molar-refractivity contribution in [3.8, 4) is 0 Å². The molecule has 0 bridgehead atoms. The van der Waals surface area contributed by atoms with Crippen molar-refractivity contribution in [1.29, 1.82) is 0 Å². The molecule has 128 valence electrons. The molecule has 3 heterocycles. The number of β-amino-alcohol motifs (C(OH)–C–C–N with tert-alkyl or cyclic N) is 1. The number of likely N-dealkylation sites (tertiary alicyclic amines) is 1. The van der Waals surface area contributed by atoms with Crippen LogP contribution < -0.4 is 0 Å². The highest BCUT2D eigenvalue weighted by molar-refractivity contribution is 5.76. The van der Waals surface area contributed by atoms with Gasteiger partial charge in [0.05, 0.1) is 25.4 Å². The average Bonchev–Trinajstić information content (AvgIpc) is 3.15. The van der Waals surface area contributed by atoms with Crippen LogP contribution in [0.2, 0.25) is 0 Å². The monoisotopic (exact) mass is 322 g/mol. The number of carbonyl (C=O) groups is 1. The number of hydrogen-bond acceptors (Lipinski definition) is 5. The molecule has 0 saturated carbocycles. The largest absolute Gasteiger partial charge is 0.387 e. The van der Waals surface area contributed by atoms with Gasteiger partial charge in [-0.05, 0) is 6.42 Å². The lowest BCUT2D eigenvalue weighted by molar-refractivity contribution is -0.132. The molecule has 2 saturated heterocycles. The van der Waals surface area contributed by atoms with E-state index in [0.29, 0.717) is 32.6 Å². The van der Waals surface area contributed by atoms with Crippen LogP contribution in [-0.2, 0) is 22.5 Å². The van der Waals surface area contributed by atoms with Gasteiger partial charge in [-0.1, -0.05) is 6.92 Å². The van der Waals surface area contributed by atoms with E-state index >= 15 is 0 Å². The molecule has 2 aliphatic heterocycles. The van der Waals surface area contributed by atoms with Gasteiger partial charge in [-0.25, -0.2) is 4.98 Å². The van der Waals surface area contributed by atoms with Crippen LogP contribution in [0.3, 0.4) is 0 Å². The lowest BCUT2D eigenvalue weighted by atomic mass is 10.0. The smallest absolute Gasteiger partial charge is 0.242 e. The number of rotatable bonds is 5. The topological polar surface area (TPSA) is 70.8 Å². The van der Waals surface area contributed by atoms with Crippen LogP contribution in [0.15, 0.2) is 12.4 Å². The first-order valence-corrected chi connectivity index (χ1v) is 8.40. The van der Waals surface area contributed by atoms with Gasteiger partial charge in [0.25, 0.3) is 0 Å². The van der Waals surface area contributed by atoms with Crippen molar-refractivity contribution in [2.75, 3.05) is 45.9 Å². The quantitative estimate of drug-likeness (QED) is 0.809. The number of aliphatic hydroxyl groups is 1. The van der Waals surface area contributed by atoms with Gasteiger partial charge in [-0.2, -0.15) is 0 Å². The summed E-state index contributed by atoms with van der Waals surface area (Å²) in [7, 11) is 0. The van der Waals surface area contributed by atoms with Crippen molar-refractivity contribution >= 4 is 5.91 Å². The van der Waals surface area contributed by atoms with Crippen LogP contribution in [0.4, 0.5) is 0 Å². The lowest BCUT2D eigenvalue weighted by Crippen LogP contribution is -2.49. The Kier molecular flexibility index (Phi) is 4.99. The fourth-order valence-electron chi connectivity index (χ4n) is 3.42. The molecule has 0 spiro atoms. The molecule has 1 N–H and O–H groups in total. The Morgan fingerprint density at radius 3 is 2.91 bits per heavy atom. The molecule has 1 aromatic rings. The van der Waals surface area contributed by atoms with E-state index in [1.165, 1.54) is 0 Å². The molecule has 0 aliphatic carbocycles. The molecular formula is C16H26N4O3. The fourth-order valence-corrected chi connectivity index (χ4v) is 3.42. The minimum absolute atomic E-state index is 0.0515. The molecule has 0 radical (unpaired) electrons. The van der Waals surface area contributed by atoms with Crippen molar-refractivity contribution in [3.05, 3.63) is 18.2 Å². The number of amides is 1. The molecule has 2 aliphatic rings. The number of imidazole rings is 1. The summed E-state index contributed by atoms with van der Waals surface area (Å²) in [5.74, 6) is 0.969. The first-order chi connectivity index (χ1) is 11.1. The van der Waals surface area contributed by atoms with Crippen molar-refractivity contribution in [3.63, 3.8) is 0 Å². The molecule has 1 aromatic heterocycles. The fraction of sp³-hybridized carbons (Fsp3) is 0.750. The number of morpholine rings is 1. The van der Waals surface area contributed by atoms with Crippen LogP contribution in [-0.4, -0.2) is 81.9 Å². The Morgan fingerprint density at radius 2 is 2.17 bits per heavy atom. The molecule has 3 rings (SSSR count). The predicted molar refractivity (Wildman–Crippen MR) is 85.0 cm³/mol. The zero-order valence-corrected chi connectivity index (χ0v) is 13.8. The summed E-state index contributed by atoms with van der Waals surface area (Å²) in [5.41, 5.74) is -0.796. The van der Waals surface area contributed by atoms with Gasteiger partial charge in [0.1, 0.15) is 12.4 Å². The number of nitrogens with zero attached hydrogens (tertiary/aromatic N) is 4. The second kappa shape index (κ2) is 6.98. The Bertz CT molecular complexity index is 541. The van der Waals surface area contributed by atoms with Gasteiger partial charge in [-0.15, -0.1) is 0 Å². The third-order valence-corrected chi connectivity index (χ3v) is 4.73. The predicted octanol–water partition coefficient (Wildman–Crippen LogP) is -0.259. The molecule has 7 heteroatoms. The van der Waals surface area contributed by atoms with E-state index in [1.54, 1.807) is 11.1 Å². The van der Waals surface area contributed by atoms with Gasteiger partial charge in [0.2, 0.25) is 5.91 Å². The van der Waals surface area contributed by atoms with E-state index in [9.17, 15) is 9.90 Å². The minimum Gasteiger partial charge on any atom is -0.387 e. The maximum Gasteiger partial charge on any atom is 0.242 e. The number of carbonyl (C=O) groups excluding carboxylic acids is 1. The standard InChI is InChI=1S/C16H26N4O3/c1-2-14-17-4-6-19(14)11-15(21)20-5-3-16(22,13-20)12-18-7-9-23-10-8-18/h4,6,22H,2-3,5,7-13H2,1H3. The molecule has 1 amide bonds. The van der Waals surface area contributed by atoms with E-state index in [2.05, 4.69) is 9.88 Å². The molecule has 7 nitrogen and oxygen atoms in total. The Balaban J connectivity index is 1.54. The lowest BCUT2D eigenvalue weighted by Gasteiger charge is -2.33. The third-order valence-electron chi connectivity index (χ3n) is 4.73. The van der Waals surface area contributed by atoms with Gasteiger partial charge < -0.3 is 19.3 Å². The highest BCUT2D eigenvalue weighted by Gasteiger charge is 2.39. The minimum atomic E-state index is -0.796. The second-order valence-corrected chi connectivity index (χ2v) is 6.50. The summed E-state index contributed by atoms with van der Waals surface area (Å²) in [6.07, 6.45) is 5.01. The first kappa shape index (κ1) is 16.4. The van der Waals surface area contributed by atoms with Crippen LogP contribution in [0.25, 0.3) is 0 Å². The number of aryl methyl sites for hydroxylation is 1. The van der Waals surface area contributed by atoms with Crippen molar-refractivity contribution in [1.82, 2.24) is 19.4 Å². The van der Waals surface area contributed by atoms with Crippen molar-refractivity contribution in [2.45, 2.75) is 31.9 Å². The zero-order chi connectivity index (χ0) is 16.3. The van der Waals surface area contributed by atoms with E-state index in [4.69, 9.17) is 4.74 Å². The van der Waals surface area contributed by atoms with E-state index < -0.39 is 5.60 Å². The maximum atomic E-state index is 12.5. The summed E-state index contributed by atoms with van der Waals surface area (Å²) < 4.78 is 7.23. The Hall–Kier alpha value is -1.44. The first-order valence-electron chi connectivity index (χ1n) is 8.40. The summed E-state index contributed by atoms with van der Waals surface area (Å²) in [6, 6.07) is 0. The van der Waals surface area contributed by atoms with Gasteiger partial charge in [-0.3, -0.25) is 9.69 Å². The molecule has 0 aromatic carbocycles. The summed E-state index contributed by atoms with van der Waals surface area (Å²) in [6.45, 7) is 7.13. The van der Waals surface area contributed by atoms with Gasteiger partial charge >= 0.3 is 0 Å². The number of aromatic nitrogens is 2. The molecule has 1 atom stereocenters. The number of hydrogen-bond donors (Lipinski definition) is 1. The number of ether oxygens (including phenoxy) is 1. The van der Waals surface area contributed by atoms with Crippen LogP contribution in [0, 0.1) is 0 Å². The molecule has 23 heavy (non-hydrogen) atoms. The molecular weight excluding hydrogens is 296 g/mol. The van der Waals surface area contributed by atoms with Crippen LogP contribution >= 0.6 is 0 Å². The SMILES string of the molecule is CCc1nccn1CC(=O)N1CCC(O)(CN2CCOCC2)C1. The van der Waals surface area contributed by atoms with E-state index in [1.807, 2.05) is 17.7 Å². The van der Waals surface area contributed by atoms with Crippen molar-refractivity contribution in [2.24, 2.45) is 0 Å². The van der Waals surface area contributed by atoms with Crippen molar-refractivity contribution < 1.29 is 14.6 Å². The maximum absolute atomic E-state index is 12.5. The summed E-state index contributed by atoms with van der Waals surface area (Å²) in [4.78, 5) is 20.7. The van der Waals surface area contributed by atoms with E-state index in [-0.39, 0.29) is 5.91 Å². The summed E-state index contributed by atoms with van der Waals surface area (Å²) in [5, 5.41) is 10.8. The van der Waals surface area contributed by atoms with Gasteiger partial charge in [0, 0.05) is 45.0 Å². The van der Waals surface area contributed by atoms with E-state index in [0.717, 1.165) is 38.5 Å². The van der Waals surface area contributed by atoms with Gasteiger partial charge in [0.15, 0.2) is 0 Å². The molecule has 2 fully saturated rings. The highest BCUT2D eigenvalue weighted by atomic mass is 16.5. The highest BCUT2D eigenvalue weighted by Crippen LogP contribution is 2.23. The summed E-state index contributed by atoms with van der Waals surface area (Å²) >= 11 is 0. The van der Waals surface area contributed by atoms with Crippen LogP contribution in [0.5, 0.6) is 0 Å². The second-order valence-electron chi connectivity index (χ2n) is 6.50.